The van der Waals surface area contributed by atoms with Crippen LogP contribution in [0.4, 0.5) is 11.4 Å². The van der Waals surface area contributed by atoms with E-state index in [1.54, 1.807) is 35.2 Å². The van der Waals surface area contributed by atoms with E-state index in [9.17, 15) is 14.4 Å². The van der Waals surface area contributed by atoms with Gasteiger partial charge in [-0.25, -0.2) is 0 Å². The molecule has 0 aliphatic carbocycles. The highest BCUT2D eigenvalue weighted by Crippen LogP contribution is 2.27. The molecule has 1 N–H and O–H groups in total. The van der Waals surface area contributed by atoms with Gasteiger partial charge in [-0.1, -0.05) is 25.1 Å². The van der Waals surface area contributed by atoms with Gasteiger partial charge in [0.25, 0.3) is 5.91 Å². The lowest BCUT2D eigenvalue weighted by molar-refractivity contribution is -0.139. The number of esters is 1. The van der Waals surface area contributed by atoms with Crippen molar-refractivity contribution in [1.82, 2.24) is 0 Å². The number of aryl methyl sites for hydroxylation is 1. The highest BCUT2D eigenvalue weighted by molar-refractivity contribution is 7.12. The Labute approximate surface area is 184 Å². The molecule has 1 saturated heterocycles. The van der Waals surface area contributed by atoms with Gasteiger partial charge in [0.15, 0.2) is 0 Å². The van der Waals surface area contributed by atoms with E-state index < -0.39 is 11.9 Å². The van der Waals surface area contributed by atoms with Gasteiger partial charge in [0.1, 0.15) is 5.75 Å². The van der Waals surface area contributed by atoms with Crippen LogP contribution in [0.25, 0.3) is 0 Å². The zero-order chi connectivity index (χ0) is 21.8. The van der Waals surface area contributed by atoms with E-state index in [4.69, 9.17) is 4.74 Å². The zero-order valence-electron chi connectivity index (χ0n) is 17.0. The van der Waals surface area contributed by atoms with E-state index >= 15 is 0 Å². The van der Waals surface area contributed by atoms with Crippen molar-refractivity contribution in [3.05, 3.63) is 76.5 Å². The standard InChI is InChI=1S/C24H22N2O4S/c1-2-16-5-9-19(10-6-16)26-15-17(14-22(26)27)24(29)30-20-11-7-18(8-12-20)25-23(28)21-4-3-13-31-21/h3-13,17H,2,14-15H2,1H3,(H,25,28). The number of carbonyl (C=O) groups is 3. The SMILES string of the molecule is CCc1ccc(N2CC(C(=O)Oc3ccc(NC(=O)c4cccs4)cc3)CC2=O)cc1. The van der Waals surface area contributed by atoms with Crippen LogP contribution in [0.1, 0.15) is 28.6 Å². The molecule has 1 aromatic heterocycles. The van der Waals surface area contributed by atoms with Crippen LogP contribution in [-0.4, -0.2) is 24.3 Å². The third-order valence-corrected chi connectivity index (χ3v) is 6.06. The molecular formula is C24H22N2O4S. The fraction of sp³-hybridized carbons (Fsp3) is 0.208. The minimum atomic E-state index is -0.517. The second-order valence-corrected chi connectivity index (χ2v) is 8.25. The normalized spacial score (nSPS) is 15.7. The molecule has 2 heterocycles. The van der Waals surface area contributed by atoms with Crippen LogP contribution >= 0.6 is 11.3 Å². The van der Waals surface area contributed by atoms with Crippen molar-refractivity contribution < 1.29 is 19.1 Å². The summed E-state index contributed by atoms with van der Waals surface area (Å²) in [5, 5.41) is 4.64. The molecule has 0 saturated carbocycles. The monoisotopic (exact) mass is 434 g/mol. The van der Waals surface area contributed by atoms with Crippen LogP contribution in [-0.2, 0) is 16.0 Å². The summed E-state index contributed by atoms with van der Waals surface area (Å²) in [7, 11) is 0. The molecular weight excluding hydrogens is 412 g/mol. The zero-order valence-corrected chi connectivity index (χ0v) is 17.9. The lowest BCUT2D eigenvalue weighted by atomic mass is 10.1. The number of thiophene rings is 1. The van der Waals surface area contributed by atoms with Gasteiger partial charge < -0.3 is 15.0 Å². The van der Waals surface area contributed by atoms with Gasteiger partial charge in [0.05, 0.1) is 10.8 Å². The number of rotatable bonds is 6. The third kappa shape index (κ3) is 4.83. The predicted molar refractivity (Wildman–Crippen MR) is 121 cm³/mol. The summed E-state index contributed by atoms with van der Waals surface area (Å²) in [6.07, 6.45) is 1.06. The first-order valence-electron chi connectivity index (χ1n) is 10.1. The number of hydrogen-bond donors (Lipinski definition) is 1. The summed E-state index contributed by atoms with van der Waals surface area (Å²) >= 11 is 1.36. The Morgan fingerprint density at radius 2 is 1.84 bits per heavy atom. The van der Waals surface area contributed by atoms with Crippen LogP contribution in [0.3, 0.4) is 0 Å². The second kappa shape index (κ2) is 9.14. The van der Waals surface area contributed by atoms with Crippen molar-refractivity contribution in [3.63, 3.8) is 0 Å². The van der Waals surface area contributed by atoms with Gasteiger partial charge in [0.2, 0.25) is 5.91 Å². The molecule has 1 unspecified atom stereocenters. The van der Waals surface area contributed by atoms with Crippen molar-refractivity contribution in [2.75, 3.05) is 16.8 Å². The molecule has 0 radical (unpaired) electrons. The van der Waals surface area contributed by atoms with Crippen molar-refractivity contribution in [3.8, 4) is 5.75 Å². The van der Waals surface area contributed by atoms with Gasteiger partial charge in [0, 0.05) is 24.3 Å². The largest absolute Gasteiger partial charge is 0.426 e. The first-order valence-corrected chi connectivity index (χ1v) is 11.0. The Morgan fingerprint density at radius 3 is 2.48 bits per heavy atom. The van der Waals surface area contributed by atoms with Crippen LogP contribution in [0.15, 0.2) is 66.0 Å². The minimum absolute atomic E-state index is 0.0853. The Hall–Kier alpha value is -3.45. The summed E-state index contributed by atoms with van der Waals surface area (Å²) in [6, 6.07) is 18.0. The van der Waals surface area contributed by atoms with E-state index in [2.05, 4.69) is 12.2 Å². The van der Waals surface area contributed by atoms with Gasteiger partial charge in [-0.15, -0.1) is 11.3 Å². The van der Waals surface area contributed by atoms with E-state index in [0.717, 1.165) is 12.1 Å². The fourth-order valence-corrected chi connectivity index (χ4v) is 4.05. The average molecular weight is 435 g/mol. The minimum Gasteiger partial charge on any atom is -0.426 e. The van der Waals surface area contributed by atoms with Gasteiger partial charge in [-0.2, -0.15) is 0 Å². The maximum atomic E-state index is 12.6. The lowest BCUT2D eigenvalue weighted by Gasteiger charge is -2.17. The van der Waals surface area contributed by atoms with Gasteiger partial charge in [-0.3, -0.25) is 14.4 Å². The van der Waals surface area contributed by atoms with E-state index in [1.807, 2.05) is 35.7 Å². The number of anilines is 2. The topological polar surface area (TPSA) is 75.7 Å². The molecule has 1 aliphatic heterocycles. The molecule has 2 amide bonds. The molecule has 7 heteroatoms. The predicted octanol–water partition coefficient (Wildman–Crippen LogP) is 4.52. The number of nitrogens with zero attached hydrogens (tertiary/aromatic N) is 1. The highest BCUT2D eigenvalue weighted by atomic mass is 32.1. The summed E-state index contributed by atoms with van der Waals surface area (Å²) < 4.78 is 5.47. The quantitative estimate of drug-likeness (QED) is 0.457. The first kappa shape index (κ1) is 20.8. The second-order valence-electron chi connectivity index (χ2n) is 7.30. The van der Waals surface area contributed by atoms with Crippen molar-refractivity contribution in [2.24, 2.45) is 5.92 Å². The number of amides is 2. The summed E-state index contributed by atoms with van der Waals surface area (Å²) in [5.74, 6) is -0.848. The summed E-state index contributed by atoms with van der Waals surface area (Å²) in [5.41, 5.74) is 2.60. The Balaban J connectivity index is 1.34. The molecule has 31 heavy (non-hydrogen) atoms. The first-order chi connectivity index (χ1) is 15.0. The maximum absolute atomic E-state index is 12.6. The Morgan fingerprint density at radius 1 is 1.10 bits per heavy atom. The van der Waals surface area contributed by atoms with E-state index in [1.165, 1.54) is 16.9 Å². The molecule has 6 nitrogen and oxygen atoms in total. The van der Waals surface area contributed by atoms with Gasteiger partial charge >= 0.3 is 5.97 Å². The van der Waals surface area contributed by atoms with Crippen LogP contribution < -0.4 is 15.0 Å². The smallest absolute Gasteiger partial charge is 0.316 e. The number of nitrogens with one attached hydrogen (secondary N) is 1. The van der Waals surface area contributed by atoms with Gasteiger partial charge in [-0.05, 0) is 59.8 Å². The number of carbonyl (C=O) groups excluding carboxylic acids is 3. The van der Waals surface area contributed by atoms with Crippen molar-refractivity contribution in [2.45, 2.75) is 19.8 Å². The Bertz CT molecular complexity index is 1080. The van der Waals surface area contributed by atoms with Crippen molar-refractivity contribution >= 4 is 40.5 Å². The maximum Gasteiger partial charge on any atom is 0.316 e. The van der Waals surface area contributed by atoms with Crippen molar-refractivity contribution in [1.29, 1.82) is 0 Å². The molecule has 0 spiro atoms. The van der Waals surface area contributed by atoms with Crippen LogP contribution in [0.2, 0.25) is 0 Å². The third-order valence-electron chi connectivity index (χ3n) is 5.19. The molecule has 1 fully saturated rings. The number of benzene rings is 2. The summed E-state index contributed by atoms with van der Waals surface area (Å²) in [6.45, 7) is 2.38. The molecule has 1 aliphatic rings. The van der Waals surface area contributed by atoms with E-state index in [0.29, 0.717) is 22.9 Å². The lowest BCUT2D eigenvalue weighted by Crippen LogP contribution is -2.27. The fourth-order valence-electron chi connectivity index (χ4n) is 3.43. The molecule has 158 valence electrons. The molecule has 4 rings (SSSR count). The molecule has 2 aromatic carbocycles. The molecule has 3 aromatic rings. The number of hydrogen-bond acceptors (Lipinski definition) is 5. The highest BCUT2D eigenvalue weighted by Gasteiger charge is 2.36. The molecule has 1 atom stereocenters. The number of ether oxygens (including phenoxy) is 1. The molecule has 0 bridgehead atoms. The van der Waals surface area contributed by atoms with Crippen LogP contribution in [0.5, 0.6) is 5.75 Å². The summed E-state index contributed by atoms with van der Waals surface area (Å²) in [4.78, 5) is 39.4. The van der Waals surface area contributed by atoms with E-state index in [-0.39, 0.29) is 18.2 Å². The Kier molecular flexibility index (Phi) is 6.13. The average Bonchev–Trinajstić information content (AvgIpc) is 3.45. The van der Waals surface area contributed by atoms with Crippen LogP contribution in [0, 0.1) is 5.92 Å².